The fourth-order valence-corrected chi connectivity index (χ4v) is 5.87. The average Bonchev–Trinajstić information content (AvgIpc) is 2.50. The molecule has 2 saturated heterocycles. The maximum absolute atomic E-state index is 12.0. The summed E-state index contributed by atoms with van der Waals surface area (Å²) in [5.74, 6) is -0.866. The fourth-order valence-electron chi connectivity index (χ4n) is 3.31. The Morgan fingerprint density at radius 2 is 1.67 bits per heavy atom. The van der Waals surface area contributed by atoms with Crippen LogP contribution in [0.5, 0.6) is 0 Å². The summed E-state index contributed by atoms with van der Waals surface area (Å²) in [5.41, 5.74) is -1.00. The van der Waals surface area contributed by atoms with Gasteiger partial charge in [-0.1, -0.05) is 0 Å². The van der Waals surface area contributed by atoms with Gasteiger partial charge in [0.05, 0.1) is 16.1 Å². The van der Waals surface area contributed by atoms with Gasteiger partial charge in [0.15, 0.2) is 15.6 Å². The van der Waals surface area contributed by atoms with Gasteiger partial charge in [-0.05, 0) is 32.6 Å². The molecule has 0 aromatic carbocycles. The fraction of sp³-hybridized carbons (Fsp3) is 1.00. The predicted octanol–water partition coefficient (Wildman–Crippen LogP) is 0.856. The molecule has 2 rings (SSSR count). The lowest BCUT2D eigenvalue weighted by molar-refractivity contribution is -0.225. The number of aliphatic hydroxyl groups is 1. The summed E-state index contributed by atoms with van der Waals surface area (Å²) in [7, 11) is 0.0469. The zero-order chi connectivity index (χ0) is 13.6. The number of methoxy groups -OCH3 is 2. The van der Waals surface area contributed by atoms with E-state index in [0.717, 1.165) is 0 Å². The first kappa shape index (κ1) is 14.2. The van der Waals surface area contributed by atoms with Gasteiger partial charge in [0.25, 0.3) is 0 Å². The third-order valence-electron chi connectivity index (χ3n) is 4.47. The van der Waals surface area contributed by atoms with Gasteiger partial charge in [-0.25, -0.2) is 8.42 Å². The van der Waals surface area contributed by atoms with E-state index in [2.05, 4.69) is 0 Å². The van der Waals surface area contributed by atoms with Crippen molar-refractivity contribution in [1.82, 2.24) is 0 Å². The van der Waals surface area contributed by atoms with Crippen LogP contribution in [0.3, 0.4) is 0 Å². The number of hydrogen-bond donors (Lipinski definition) is 1. The van der Waals surface area contributed by atoms with E-state index in [4.69, 9.17) is 9.47 Å². The lowest BCUT2D eigenvalue weighted by atomic mass is 9.86. The van der Waals surface area contributed by atoms with Gasteiger partial charge in [0.1, 0.15) is 0 Å². The van der Waals surface area contributed by atoms with Gasteiger partial charge in [-0.15, -0.1) is 0 Å². The van der Waals surface area contributed by atoms with Gasteiger partial charge in [0.2, 0.25) is 0 Å². The number of fused-ring (bicyclic) bond motifs is 2. The summed E-state index contributed by atoms with van der Waals surface area (Å²) in [4.78, 5) is 0. The molecule has 2 atom stereocenters. The minimum absolute atomic E-state index is 0.300. The molecule has 2 fully saturated rings. The number of hydrogen-bond acceptors (Lipinski definition) is 5. The van der Waals surface area contributed by atoms with Crippen LogP contribution in [0.25, 0.3) is 0 Å². The van der Waals surface area contributed by atoms with Crippen LogP contribution in [-0.2, 0) is 19.3 Å². The first-order valence-corrected chi connectivity index (χ1v) is 7.91. The van der Waals surface area contributed by atoms with Crippen LogP contribution in [-0.4, -0.2) is 49.6 Å². The monoisotopic (exact) mass is 278 g/mol. The summed E-state index contributed by atoms with van der Waals surface area (Å²) in [6, 6.07) is 0. The molecule has 0 saturated carbocycles. The minimum atomic E-state index is -3.01. The Bertz CT molecular complexity index is 392. The molecule has 106 valence electrons. The van der Waals surface area contributed by atoms with Crippen molar-refractivity contribution in [2.75, 3.05) is 14.2 Å². The number of ether oxygens (including phenoxy) is 2. The van der Waals surface area contributed by atoms with Gasteiger partial charge < -0.3 is 14.6 Å². The van der Waals surface area contributed by atoms with E-state index in [-0.39, 0.29) is 10.5 Å². The summed E-state index contributed by atoms with van der Waals surface area (Å²) in [5, 5.41) is 9.88. The number of sulfone groups is 1. The Labute approximate surface area is 108 Å². The molecule has 6 heteroatoms. The second-order valence-electron chi connectivity index (χ2n) is 5.76. The molecule has 2 heterocycles. The molecule has 0 aromatic heterocycles. The normalized spacial score (nSPS) is 38.9. The predicted molar refractivity (Wildman–Crippen MR) is 67.0 cm³/mol. The van der Waals surface area contributed by atoms with E-state index < -0.39 is 21.2 Å². The van der Waals surface area contributed by atoms with E-state index in [1.54, 1.807) is 6.92 Å². The van der Waals surface area contributed by atoms with Crippen molar-refractivity contribution >= 4 is 9.84 Å². The lowest BCUT2D eigenvalue weighted by Crippen LogP contribution is -2.50. The molecule has 0 amide bonds. The Hall–Kier alpha value is -0.170. The van der Waals surface area contributed by atoms with E-state index >= 15 is 0 Å². The van der Waals surface area contributed by atoms with Crippen molar-refractivity contribution in [3.05, 3.63) is 0 Å². The minimum Gasteiger partial charge on any atom is -0.390 e. The zero-order valence-corrected chi connectivity index (χ0v) is 12.0. The molecule has 5 nitrogen and oxygen atoms in total. The highest BCUT2D eigenvalue weighted by Gasteiger charge is 2.54. The molecule has 0 spiro atoms. The highest BCUT2D eigenvalue weighted by molar-refractivity contribution is 7.93. The van der Waals surface area contributed by atoms with Crippen LogP contribution in [0, 0.1) is 0 Å². The summed E-state index contributed by atoms with van der Waals surface area (Å²) in [6.07, 6.45) is 2.25. The summed E-state index contributed by atoms with van der Waals surface area (Å²) >= 11 is 0. The largest absolute Gasteiger partial charge is 0.390 e. The number of rotatable bonds is 4. The molecular weight excluding hydrogens is 256 g/mol. The van der Waals surface area contributed by atoms with Crippen LogP contribution < -0.4 is 0 Å². The molecule has 1 N–H and O–H groups in total. The molecule has 0 radical (unpaired) electrons. The quantitative estimate of drug-likeness (QED) is 0.772. The van der Waals surface area contributed by atoms with Crippen molar-refractivity contribution < 1.29 is 23.0 Å². The smallest absolute Gasteiger partial charge is 0.167 e. The molecule has 2 unspecified atom stereocenters. The van der Waals surface area contributed by atoms with Crippen LogP contribution in [0.1, 0.15) is 39.0 Å². The molecule has 2 aliphatic heterocycles. The lowest BCUT2D eigenvalue weighted by Gasteiger charge is -2.41. The standard InChI is InChI=1S/C12H22O5S/c1-11(16-2,17-3)8-12(13)6-9-4-5-10(7-12)18(9,14)15/h9-10,13H,4-8H2,1-3H3. The maximum Gasteiger partial charge on any atom is 0.167 e. The summed E-state index contributed by atoms with van der Waals surface area (Å²) in [6.45, 7) is 1.76. The van der Waals surface area contributed by atoms with Crippen molar-refractivity contribution in [3.63, 3.8) is 0 Å². The Morgan fingerprint density at radius 1 is 1.22 bits per heavy atom. The van der Waals surface area contributed by atoms with Crippen LogP contribution in [0.4, 0.5) is 0 Å². The van der Waals surface area contributed by atoms with Crippen LogP contribution >= 0.6 is 0 Å². The molecular formula is C12H22O5S. The van der Waals surface area contributed by atoms with E-state index in [0.29, 0.717) is 32.1 Å². The van der Waals surface area contributed by atoms with Gasteiger partial charge >= 0.3 is 0 Å². The van der Waals surface area contributed by atoms with Crippen molar-refractivity contribution in [2.45, 2.75) is 60.9 Å². The molecule has 0 aromatic rings. The SMILES string of the molecule is COC(C)(CC1(O)CC2CCC(C1)S2(=O)=O)OC. The van der Waals surface area contributed by atoms with Crippen LogP contribution in [0.15, 0.2) is 0 Å². The molecule has 2 bridgehead atoms. The zero-order valence-electron chi connectivity index (χ0n) is 11.2. The molecule has 2 aliphatic rings. The maximum atomic E-state index is 12.0. The van der Waals surface area contributed by atoms with E-state index in [9.17, 15) is 13.5 Å². The summed E-state index contributed by atoms with van der Waals surface area (Å²) < 4.78 is 34.5. The van der Waals surface area contributed by atoms with Crippen molar-refractivity contribution in [1.29, 1.82) is 0 Å². The Kier molecular flexibility index (Phi) is 3.51. The second-order valence-corrected chi connectivity index (χ2v) is 8.27. The van der Waals surface area contributed by atoms with Crippen LogP contribution in [0.2, 0.25) is 0 Å². The molecule has 0 aliphatic carbocycles. The second kappa shape index (κ2) is 4.44. The van der Waals surface area contributed by atoms with Gasteiger partial charge in [-0.2, -0.15) is 0 Å². The first-order chi connectivity index (χ1) is 8.25. The Balaban J connectivity index is 2.16. The van der Waals surface area contributed by atoms with Gasteiger partial charge in [-0.3, -0.25) is 0 Å². The van der Waals surface area contributed by atoms with Crippen molar-refractivity contribution in [3.8, 4) is 0 Å². The van der Waals surface area contributed by atoms with Crippen molar-refractivity contribution in [2.24, 2.45) is 0 Å². The molecule has 18 heavy (non-hydrogen) atoms. The Morgan fingerprint density at radius 3 is 2.06 bits per heavy atom. The average molecular weight is 278 g/mol. The third-order valence-corrected chi connectivity index (χ3v) is 7.13. The highest BCUT2D eigenvalue weighted by atomic mass is 32.2. The first-order valence-electron chi connectivity index (χ1n) is 6.30. The third kappa shape index (κ3) is 2.31. The highest BCUT2D eigenvalue weighted by Crippen LogP contribution is 2.46. The topological polar surface area (TPSA) is 72.8 Å². The van der Waals surface area contributed by atoms with Gasteiger partial charge in [0, 0.05) is 20.6 Å². The van der Waals surface area contributed by atoms with E-state index in [1.807, 2.05) is 0 Å². The van der Waals surface area contributed by atoms with E-state index in [1.165, 1.54) is 14.2 Å².